The van der Waals surface area contributed by atoms with Gasteiger partial charge < -0.3 is 4.90 Å². The number of hydrogen-bond acceptors (Lipinski definition) is 3. The minimum Gasteiger partial charge on any atom is -0.354 e. The molecule has 1 aliphatic rings. The van der Waals surface area contributed by atoms with Crippen LogP contribution < -0.4 is 4.90 Å². The first-order chi connectivity index (χ1) is 7.70. The molecule has 16 heavy (non-hydrogen) atoms. The highest BCUT2D eigenvalue weighted by atomic mass is 79.9. The minimum atomic E-state index is 0.546. The van der Waals surface area contributed by atoms with Gasteiger partial charge in [-0.25, -0.2) is 4.98 Å². The summed E-state index contributed by atoms with van der Waals surface area (Å²) in [7, 11) is 2.13. The fourth-order valence-electron chi connectivity index (χ4n) is 2.41. The Hall–Kier alpha value is -0.640. The SMILES string of the molecule is Cc1nccnc1N(C)C1CCCCC1Br. The summed E-state index contributed by atoms with van der Waals surface area (Å²) >= 11 is 3.79. The van der Waals surface area contributed by atoms with Gasteiger partial charge in [0.05, 0.1) is 5.69 Å². The first kappa shape index (κ1) is 11.8. The van der Waals surface area contributed by atoms with E-state index in [1.165, 1.54) is 25.7 Å². The van der Waals surface area contributed by atoms with Crippen molar-refractivity contribution in [2.75, 3.05) is 11.9 Å². The summed E-state index contributed by atoms with van der Waals surface area (Å²) in [5, 5.41) is 0. The quantitative estimate of drug-likeness (QED) is 0.782. The van der Waals surface area contributed by atoms with Crippen LogP contribution in [0.15, 0.2) is 12.4 Å². The molecule has 0 bridgehead atoms. The number of rotatable bonds is 2. The van der Waals surface area contributed by atoms with Crippen molar-refractivity contribution in [2.45, 2.75) is 43.5 Å². The van der Waals surface area contributed by atoms with Gasteiger partial charge >= 0.3 is 0 Å². The van der Waals surface area contributed by atoms with E-state index in [2.05, 4.69) is 37.8 Å². The summed E-state index contributed by atoms with van der Waals surface area (Å²) in [5.41, 5.74) is 1.01. The van der Waals surface area contributed by atoms with Gasteiger partial charge in [0.25, 0.3) is 0 Å². The topological polar surface area (TPSA) is 29.0 Å². The Labute approximate surface area is 105 Å². The summed E-state index contributed by atoms with van der Waals surface area (Å²) in [5.74, 6) is 1.01. The van der Waals surface area contributed by atoms with Crippen molar-refractivity contribution >= 4 is 21.7 Å². The second kappa shape index (κ2) is 5.13. The van der Waals surface area contributed by atoms with Crippen LogP contribution in [-0.4, -0.2) is 27.9 Å². The molecule has 0 spiro atoms. The third kappa shape index (κ3) is 2.37. The molecule has 1 aromatic rings. The maximum atomic E-state index is 4.43. The minimum absolute atomic E-state index is 0.546. The van der Waals surface area contributed by atoms with Gasteiger partial charge in [-0.05, 0) is 19.8 Å². The Bertz CT molecular complexity index is 356. The molecule has 0 aromatic carbocycles. The molecule has 1 aromatic heterocycles. The highest BCUT2D eigenvalue weighted by Gasteiger charge is 2.27. The zero-order valence-electron chi connectivity index (χ0n) is 9.86. The summed E-state index contributed by atoms with van der Waals surface area (Å²) in [6.07, 6.45) is 8.66. The van der Waals surface area contributed by atoms with E-state index in [-0.39, 0.29) is 0 Å². The van der Waals surface area contributed by atoms with Gasteiger partial charge in [-0.15, -0.1) is 0 Å². The fraction of sp³-hybridized carbons (Fsp3) is 0.667. The van der Waals surface area contributed by atoms with Crippen molar-refractivity contribution in [3.8, 4) is 0 Å². The molecule has 2 atom stereocenters. The van der Waals surface area contributed by atoms with E-state index >= 15 is 0 Å². The largest absolute Gasteiger partial charge is 0.354 e. The lowest BCUT2D eigenvalue weighted by Gasteiger charge is -2.36. The average molecular weight is 284 g/mol. The van der Waals surface area contributed by atoms with Gasteiger partial charge in [0, 0.05) is 30.3 Å². The van der Waals surface area contributed by atoms with E-state index in [0.717, 1.165) is 11.5 Å². The Balaban J connectivity index is 2.17. The standard InChI is InChI=1S/C12H18BrN3/c1-9-12(15-8-7-14-9)16(2)11-6-4-3-5-10(11)13/h7-8,10-11H,3-6H2,1-2H3. The number of hydrogen-bond donors (Lipinski definition) is 0. The molecule has 0 N–H and O–H groups in total. The lowest BCUT2D eigenvalue weighted by molar-refractivity contribution is 0.441. The number of nitrogens with zero attached hydrogens (tertiary/aromatic N) is 3. The van der Waals surface area contributed by atoms with Crippen LogP contribution in [0.4, 0.5) is 5.82 Å². The van der Waals surface area contributed by atoms with Crippen LogP contribution in [0.5, 0.6) is 0 Å². The molecule has 88 valence electrons. The Kier molecular flexibility index (Phi) is 3.79. The molecule has 1 fully saturated rings. The third-order valence-electron chi connectivity index (χ3n) is 3.33. The second-order valence-corrected chi connectivity index (χ2v) is 5.62. The molecule has 4 heteroatoms. The molecule has 1 heterocycles. The zero-order chi connectivity index (χ0) is 11.5. The highest BCUT2D eigenvalue weighted by molar-refractivity contribution is 9.09. The molecule has 3 nitrogen and oxygen atoms in total. The van der Waals surface area contributed by atoms with Crippen LogP contribution in [0.25, 0.3) is 0 Å². The third-order valence-corrected chi connectivity index (χ3v) is 4.40. The molecular formula is C12H18BrN3. The molecule has 2 unspecified atom stereocenters. The van der Waals surface area contributed by atoms with Crippen molar-refractivity contribution < 1.29 is 0 Å². The molecular weight excluding hydrogens is 266 g/mol. The first-order valence-electron chi connectivity index (χ1n) is 5.84. The second-order valence-electron chi connectivity index (χ2n) is 4.44. The molecule has 0 radical (unpaired) electrons. The van der Waals surface area contributed by atoms with Crippen molar-refractivity contribution in [3.63, 3.8) is 0 Å². The van der Waals surface area contributed by atoms with Crippen LogP contribution in [0, 0.1) is 6.92 Å². The van der Waals surface area contributed by atoms with E-state index in [0.29, 0.717) is 10.9 Å². The number of aromatic nitrogens is 2. The van der Waals surface area contributed by atoms with Crippen molar-refractivity contribution in [3.05, 3.63) is 18.1 Å². The molecule has 0 amide bonds. The Morgan fingerprint density at radius 1 is 1.25 bits per heavy atom. The van der Waals surface area contributed by atoms with Crippen molar-refractivity contribution in [1.29, 1.82) is 0 Å². The number of anilines is 1. The lowest BCUT2D eigenvalue weighted by atomic mass is 9.94. The van der Waals surface area contributed by atoms with E-state index < -0.39 is 0 Å². The van der Waals surface area contributed by atoms with Gasteiger partial charge in [0.1, 0.15) is 5.82 Å². The summed E-state index contributed by atoms with van der Waals surface area (Å²) in [4.78, 5) is 11.6. The monoisotopic (exact) mass is 283 g/mol. The van der Waals surface area contributed by atoms with E-state index in [1.54, 1.807) is 12.4 Å². The van der Waals surface area contributed by atoms with Gasteiger partial charge in [-0.2, -0.15) is 0 Å². The first-order valence-corrected chi connectivity index (χ1v) is 6.76. The van der Waals surface area contributed by atoms with Crippen molar-refractivity contribution in [2.24, 2.45) is 0 Å². The van der Waals surface area contributed by atoms with Crippen LogP contribution >= 0.6 is 15.9 Å². The van der Waals surface area contributed by atoms with Crippen LogP contribution in [0.1, 0.15) is 31.4 Å². The molecule has 2 rings (SSSR count). The average Bonchev–Trinajstić information content (AvgIpc) is 2.29. The smallest absolute Gasteiger partial charge is 0.150 e. The van der Waals surface area contributed by atoms with Gasteiger partial charge in [0.2, 0.25) is 0 Å². The Morgan fingerprint density at radius 3 is 2.62 bits per heavy atom. The van der Waals surface area contributed by atoms with Gasteiger partial charge in [-0.1, -0.05) is 28.8 Å². The Morgan fingerprint density at radius 2 is 1.94 bits per heavy atom. The number of alkyl halides is 1. The highest BCUT2D eigenvalue weighted by Crippen LogP contribution is 2.30. The van der Waals surface area contributed by atoms with Gasteiger partial charge in [-0.3, -0.25) is 4.98 Å². The number of aryl methyl sites for hydroxylation is 1. The van der Waals surface area contributed by atoms with Gasteiger partial charge in [0.15, 0.2) is 0 Å². The maximum absolute atomic E-state index is 4.43. The lowest BCUT2D eigenvalue weighted by Crippen LogP contribution is -2.41. The number of halogens is 1. The predicted molar refractivity (Wildman–Crippen MR) is 70.1 cm³/mol. The summed E-state index contributed by atoms with van der Waals surface area (Å²) < 4.78 is 0. The summed E-state index contributed by atoms with van der Waals surface area (Å²) in [6.45, 7) is 2.02. The van der Waals surface area contributed by atoms with Crippen LogP contribution in [0.2, 0.25) is 0 Å². The van der Waals surface area contributed by atoms with E-state index in [4.69, 9.17) is 0 Å². The van der Waals surface area contributed by atoms with E-state index in [1.807, 2.05) is 6.92 Å². The molecule has 1 aliphatic carbocycles. The zero-order valence-corrected chi connectivity index (χ0v) is 11.4. The van der Waals surface area contributed by atoms with E-state index in [9.17, 15) is 0 Å². The molecule has 1 saturated carbocycles. The maximum Gasteiger partial charge on any atom is 0.150 e. The van der Waals surface area contributed by atoms with Crippen LogP contribution in [-0.2, 0) is 0 Å². The fourth-order valence-corrected chi connectivity index (χ4v) is 3.35. The summed E-state index contributed by atoms with van der Waals surface area (Å²) in [6, 6.07) is 0.546. The molecule has 0 aliphatic heterocycles. The molecule has 0 saturated heterocycles. The van der Waals surface area contributed by atoms with Crippen molar-refractivity contribution in [1.82, 2.24) is 9.97 Å². The normalized spacial score (nSPS) is 25.4. The van der Waals surface area contributed by atoms with Crippen LogP contribution in [0.3, 0.4) is 0 Å². The predicted octanol–water partition coefficient (Wildman–Crippen LogP) is 2.93.